The minimum atomic E-state index is -0.515. The number of furan rings is 1. The van der Waals surface area contributed by atoms with Gasteiger partial charge in [-0.3, -0.25) is 4.79 Å². The van der Waals surface area contributed by atoms with Crippen LogP contribution in [0, 0.1) is 5.82 Å². The summed E-state index contributed by atoms with van der Waals surface area (Å²) in [7, 11) is 3.19. The average molecular weight is 435 g/mol. The summed E-state index contributed by atoms with van der Waals surface area (Å²) in [6.07, 6.45) is 0. The van der Waals surface area contributed by atoms with E-state index in [0.717, 1.165) is 22.7 Å². The molecule has 1 aromatic heterocycles. The second-order valence-electron chi connectivity index (χ2n) is 7.09. The van der Waals surface area contributed by atoms with Crippen LogP contribution >= 0.6 is 0 Å². The van der Waals surface area contributed by atoms with Crippen molar-refractivity contribution in [2.24, 2.45) is 0 Å². The van der Waals surface area contributed by atoms with E-state index in [0.29, 0.717) is 23.6 Å². The number of nitrogens with two attached hydrogens (primary N) is 1. The normalized spacial score (nSPS) is 10.7. The Kier molecular flexibility index (Phi) is 5.85. The zero-order valence-electron chi connectivity index (χ0n) is 17.6. The summed E-state index contributed by atoms with van der Waals surface area (Å²) in [5, 5.41) is 6.66. The molecule has 164 valence electrons. The number of hydrogen-bond donors (Lipinski definition) is 3. The zero-order chi connectivity index (χ0) is 22.7. The summed E-state index contributed by atoms with van der Waals surface area (Å²) in [4.78, 5) is 12.5. The minimum Gasteiger partial charge on any atom is -0.493 e. The van der Waals surface area contributed by atoms with Gasteiger partial charge < -0.3 is 30.3 Å². The Hall–Kier alpha value is -4.20. The number of fused-ring (bicyclic) bond motifs is 1. The fourth-order valence-corrected chi connectivity index (χ4v) is 3.28. The van der Waals surface area contributed by atoms with Crippen LogP contribution in [0.15, 0.2) is 65.1 Å². The number of nitrogen functional groups attached to an aromatic ring is 1. The molecule has 0 aliphatic rings. The van der Waals surface area contributed by atoms with Crippen molar-refractivity contribution in [1.82, 2.24) is 0 Å². The highest BCUT2D eigenvalue weighted by Crippen LogP contribution is 2.29. The van der Waals surface area contributed by atoms with Gasteiger partial charge in [0.1, 0.15) is 11.4 Å². The molecular weight excluding hydrogens is 413 g/mol. The molecule has 0 radical (unpaired) electrons. The molecule has 0 saturated heterocycles. The zero-order valence-corrected chi connectivity index (χ0v) is 17.6. The van der Waals surface area contributed by atoms with Crippen molar-refractivity contribution in [3.05, 3.63) is 77.8 Å². The Morgan fingerprint density at radius 3 is 2.59 bits per heavy atom. The fraction of sp³-hybridized carbons (Fsp3) is 0.125. The highest BCUT2D eigenvalue weighted by atomic mass is 19.1. The van der Waals surface area contributed by atoms with Gasteiger partial charge in [-0.15, -0.1) is 0 Å². The molecule has 7 nitrogen and oxygen atoms in total. The van der Waals surface area contributed by atoms with E-state index in [4.69, 9.17) is 19.6 Å². The number of anilines is 3. The third-order valence-corrected chi connectivity index (χ3v) is 4.95. The Balaban J connectivity index is 1.48. The van der Waals surface area contributed by atoms with Gasteiger partial charge in [-0.2, -0.15) is 0 Å². The van der Waals surface area contributed by atoms with Crippen LogP contribution in [0.4, 0.5) is 21.5 Å². The number of amides is 1. The molecular formula is C24H22FN3O4. The topological polar surface area (TPSA) is 98.8 Å². The molecule has 0 unspecified atom stereocenters. The van der Waals surface area contributed by atoms with Gasteiger partial charge in [-0.1, -0.05) is 6.07 Å². The summed E-state index contributed by atoms with van der Waals surface area (Å²) < 4.78 is 29.7. The molecule has 4 N–H and O–H groups in total. The van der Waals surface area contributed by atoms with E-state index in [9.17, 15) is 9.18 Å². The molecule has 4 aromatic rings. The summed E-state index contributed by atoms with van der Waals surface area (Å²) >= 11 is 0. The van der Waals surface area contributed by atoms with Crippen molar-refractivity contribution in [2.75, 3.05) is 30.6 Å². The van der Waals surface area contributed by atoms with Crippen LogP contribution in [0.2, 0.25) is 0 Å². The lowest BCUT2D eigenvalue weighted by atomic mass is 10.2. The van der Waals surface area contributed by atoms with E-state index in [-0.39, 0.29) is 17.1 Å². The number of halogens is 1. The van der Waals surface area contributed by atoms with Gasteiger partial charge in [-0.25, -0.2) is 4.39 Å². The molecule has 3 aromatic carbocycles. The monoisotopic (exact) mass is 435 g/mol. The van der Waals surface area contributed by atoms with Crippen molar-refractivity contribution in [3.63, 3.8) is 0 Å². The van der Waals surface area contributed by atoms with Gasteiger partial charge >= 0.3 is 0 Å². The number of benzene rings is 3. The Morgan fingerprint density at radius 1 is 1.00 bits per heavy atom. The van der Waals surface area contributed by atoms with E-state index < -0.39 is 11.7 Å². The second kappa shape index (κ2) is 8.89. The lowest BCUT2D eigenvalue weighted by Crippen LogP contribution is -2.12. The molecule has 0 saturated carbocycles. The number of hydrogen-bond acceptors (Lipinski definition) is 6. The van der Waals surface area contributed by atoms with Crippen molar-refractivity contribution in [1.29, 1.82) is 0 Å². The smallest absolute Gasteiger partial charge is 0.291 e. The van der Waals surface area contributed by atoms with Crippen molar-refractivity contribution in [3.8, 4) is 11.5 Å². The fourth-order valence-electron chi connectivity index (χ4n) is 3.28. The van der Waals surface area contributed by atoms with Crippen LogP contribution in [-0.2, 0) is 6.54 Å². The maximum atomic E-state index is 13.4. The molecule has 32 heavy (non-hydrogen) atoms. The third-order valence-electron chi connectivity index (χ3n) is 4.95. The summed E-state index contributed by atoms with van der Waals surface area (Å²) in [6.45, 7) is 0.565. The number of rotatable bonds is 7. The summed E-state index contributed by atoms with van der Waals surface area (Å²) in [5.41, 5.74) is 8.67. The molecule has 0 bridgehead atoms. The van der Waals surface area contributed by atoms with E-state index in [1.54, 1.807) is 26.4 Å². The Labute approximate surface area is 183 Å². The SMILES string of the molecule is COc1ccc(CNc2ccc3oc(C(=O)Nc4cc(F)ccc4N)cc3c2)cc1OC. The molecule has 8 heteroatoms. The van der Waals surface area contributed by atoms with Gasteiger partial charge in [0.05, 0.1) is 25.6 Å². The van der Waals surface area contributed by atoms with Crippen molar-refractivity contribution >= 4 is 33.9 Å². The number of methoxy groups -OCH3 is 2. The van der Waals surface area contributed by atoms with E-state index in [2.05, 4.69) is 10.6 Å². The maximum Gasteiger partial charge on any atom is 0.291 e. The first-order valence-electron chi connectivity index (χ1n) is 9.81. The highest BCUT2D eigenvalue weighted by Gasteiger charge is 2.15. The van der Waals surface area contributed by atoms with Crippen LogP contribution in [-0.4, -0.2) is 20.1 Å². The van der Waals surface area contributed by atoms with E-state index in [1.807, 2.05) is 30.3 Å². The highest BCUT2D eigenvalue weighted by molar-refractivity contribution is 6.06. The maximum absolute atomic E-state index is 13.4. The van der Waals surface area contributed by atoms with Gasteiger partial charge in [0, 0.05) is 17.6 Å². The lowest BCUT2D eigenvalue weighted by molar-refractivity contribution is 0.0998. The number of ether oxygens (including phenoxy) is 2. The molecule has 0 aliphatic heterocycles. The largest absolute Gasteiger partial charge is 0.493 e. The van der Waals surface area contributed by atoms with Gasteiger partial charge in [-0.05, 0) is 60.2 Å². The number of carbonyl (C=O) groups is 1. The van der Waals surface area contributed by atoms with E-state index in [1.165, 1.54) is 12.1 Å². The summed E-state index contributed by atoms with van der Waals surface area (Å²) in [6, 6.07) is 16.6. The molecule has 0 aliphatic carbocycles. The van der Waals surface area contributed by atoms with Crippen LogP contribution in [0.25, 0.3) is 11.0 Å². The van der Waals surface area contributed by atoms with Crippen molar-refractivity contribution < 1.29 is 23.1 Å². The molecule has 4 rings (SSSR count). The third kappa shape index (κ3) is 4.44. The summed E-state index contributed by atoms with van der Waals surface area (Å²) in [5.74, 6) is 0.414. The Bertz CT molecular complexity index is 1290. The van der Waals surface area contributed by atoms with Crippen LogP contribution in [0.5, 0.6) is 11.5 Å². The molecule has 0 atom stereocenters. The predicted octanol–water partition coefficient (Wildman–Crippen LogP) is 5.04. The molecule has 1 amide bonds. The van der Waals surface area contributed by atoms with Gasteiger partial charge in [0.25, 0.3) is 5.91 Å². The first-order valence-corrected chi connectivity index (χ1v) is 9.81. The van der Waals surface area contributed by atoms with Crippen molar-refractivity contribution in [2.45, 2.75) is 6.54 Å². The van der Waals surface area contributed by atoms with Crippen LogP contribution < -0.4 is 25.8 Å². The predicted molar refractivity (Wildman–Crippen MR) is 122 cm³/mol. The van der Waals surface area contributed by atoms with E-state index >= 15 is 0 Å². The minimum absolute atomic E-state index is 0.0979. The van der Waals surface area contributed by atoms with Crippen LogP contribution in [0.1, 0.15) is 16.1 Å². The Morgan fingerprint density at radius 2 is 1.81 bits per heavy atom. The van der Waals surface area contributed by atoms with Gasteiger partial charge in [0.15, 0.2) is 17.3 Å². The lowest BCUT2D eigenvalue weighted by Gasteiger charge is -2.11. The first-order chi connectivity index (χ1) is 15.5. The first kappa shape index (κ1) is 21.0. The second-order valence-corrected chi connectivity index (χ2v) is 7.09. The van der Waals surface area contributed by atoms with Crippen LogP contribution in [0.3, 0.4) is 0 Å². The van der Waals surface area contributed by atoms with Gasteiger partial charge in [0.2, 0.25) is 0 Å². The molecule has 0 fully saturated rings. The molecule has 1 heterocycles. The average Bonchev–Trinajstić information content (AvgIpc) is 3.23. The quantitative estimate of drug-likeness (QED) is 0.352. The standard InChI is InChI=1S/C24H22FN3O4/c1-30-21-7-3-14(9-22(21)31-2)13-27-17-5-8-20-15(10-17)11-23(32-20)24(29)28-19-12-16(25)4-6-18(19)26/h3-12,27H,13,26H2,1-2H3,(H,28,29). The molecule has 0 spiro atoms. The number of nitrogens with one attached hydrogen (secondary N) is 2. The number of carbonyl (C=O) groups excluding carboxylic acids is 1.